The fourth-order valence-electron chi connectivity index (χ4n) is 10.3. The number of nitrogens with zero attached hydrogens (tertiary/aromatic N) is 4. The summed E-state index contributed by atoms with van der Waals surface area (Å²) in [6.45, 7) is 9.67. The molecular formula is C54H44N4S. The van der Waals surface area contributed by atoms with Crippen LogP contribution in [0.3, 0.4) is 0 Å². The fourth-order valence-corrected chi connectivity index (χ4v) is 11.5. The van der Waals surface area contributed by atoms with E-state index < -0.39 is 0 Å². The van der Waals surface area contributed by atoms with Gasteiger partial charge in [0.2, 0.25) is 0 Å². The molecular weight excluding hydrogens is 737 g/mol. The normalized spacial score (nSPS) is 17.0. The molecule has 6 aromatic carbocycles. The third-order valence-corrected chi connectivity index (χ3v) is 14.7. The maximum Gasteiger partial charge on any atom is 0.160 e. The minimum atomic E-state index is 0.0867. The summed E-state index contributed by atoms with van der Waals surface area (Å²) < 4.78 is 7.33. The van der Waals surface area contributed by atoms with Crippen molar-refractivity contribution in [3.8, 4) is 22.8 Å². The number of rotatable bonds is 4. The van der Waals surface area contributed by atoms with Crippen LogP contribution in [0.25, 0.3) is 81.9 Å². The molecule has 1 atom stereocenters. The lowest BCUT2D eigenvalue weighted by atomic mass is 9.63. The van der Waals surface area contributed by atoms with Crippen LogP contribution in [-0.4, -0.2) is 19.1 Å². The van der Waals surface area contributed by atoms with Crippen molar-refractivity contribution in [2.24, 2.45) is 0 Å². The van der Waals surface area contributed by atoms with Crippen molar-refractivity contribution in [2.45, 2.75) is 63.7 Å². The highest BCUT2D eigenvalue weighted by Gasteiger charge is 2.38. The number of allylic oxidation sites excluding steroid dienone is 1. The van der Waals surface area contributed by atoms with Crippen molar-refractivity contribution < 1.29 is 0 Å². The standard InChI is InChI=1S/C54H44N4S/c1-53(2)28-29-54(3,4)43-32-47-41(31-42(43)53)38-17-9-12-20-45(38)58(47)36-25-22-33(23-26-36)52-55-49(51-50(56-52)40-18-10-13-21-48(40)59-51)34-24-27-39-37-16-8-11-19-44(37)57(46(39)30-34)35-14-6-5-7-15-35/h5-27,31-32,34H,28-30H2,1-4H3. The Hall–Kier alpha value is -6.30. The van der Waals surface area contributed by atoms with E-state index in [-0.39, 0.29) is 16.7 Å². The van der Waals surface area contributed by atoms with Gasteiger partial charge in [0, 0.05) is 66.8 Å². The summed E-state index contributed by atoms with van der Waals surface area (Å²) in [6, 6.07) is 51.1. The van der Waals surface area contributed by atoms with Crippen molar-refractivity contribution >= 4 is 70.4 Å². The van der Waals surface area contributed by atoms with Gasteiger partial charge in [-0.2, -0.15) is 0 Å². The molecule has 59 heavy (non-hydrogen) atoms. The zero-order chi connectivity index (χ0) is 39.6. The van der Waals surface area contributed by atoms with E-state index in [4.69, 9.17) is 9.97 Å². The van der Waals surface area contributed by atoms with Gasteiger partial charge in [0.05, 0.1) is 32.5 Å². The first-order valence-corrected chi connectivity index (χ1v) is 21.8. The monoisotopic (exact) mass is 780 g/mol. The molecule has 2 aliphatic carbocycles. The number of thiophene rings is 1. The second-order valence-electron chi connectivity index (χ2n) is 18.0. The average Bonchev–Trinajstić information content (AvgIpc) is 3.92. The van der Waals surface area contributed by atoms with E-state index in [9.17, 15) is 0 Å². The zero-order valence-corrected chi connectivity index (χ0v) is 34.6. The molecule has 4 heterocycles. The first-order valence-electron chi connectivity index (χ1n) is 21.0. The topological polar surface area (TPSA) is 35.6 Å². The molecule has 4 nitrogen and oxygen atoms in total. The Morgan fingerprint density at radius 2 is 1.20 bits per heavy atom. The molecule has 1 unspecified atom stereocenters. The Balaban J connectivity index is 1.00. The maximum atomic E-state index is 5.52. The predicted molar refractivity (Wildman–Crippen MR) is 249 cm³/mol. The van der Waals surface area contributed by atoms with Crippen LogP contribution in [0, 0.1) is 0 Å². The summed E-state index contributed by atoms with van der Waals surface area (Å²) in [5.41, 5.74) is 15.1. The van der Waals surface area contributed by atoms with Crippen LogP contribution in [0.4, 0.5) is 0 Å². The van der Waals surface area contributed by atoms with Gasteiger partial charge in [-0.1, -0.05) is 113 Å². The summed E-state index contributed by atoms with van der Waals surface area (Å²) in [6.07, 6.45) is 7.96. The van der Waals surface area contributed by atoms with E-state index in [1.54, 1.807) is 0 Å². The molecule has 5 heteroatoms. The van der Waals surface area contributed by atoms with E-state index in [0.717, 1.165) is 34.7 Å². The Bertz CT molecular complexity index is 3360. The van der Waals surface area contributed by atoms with E-state index in [0.29, 0.717) is 0 Å². The Kier molecular flexibility index (Phi) is 7.41. The fraction of sp³-hybridized carbons (Fsp3) is 0.185. The van der Waals surface area contributed by atoms with Crippen molar-refractivity contribution in [1.29, 1.82) is 0 Å². The number of para-hydroxylation sites is 3. The molecule has 10 aromatic rings. The highest BCUT2D eigenvalue weighted by Crippen LogP contribution is 2.49. The van der Waals surface area contributed by atoms with Gasteiger partial charge in [-0.15, -0.1) is 11.3 Å². The van der Waals surface area contributed by atoms with Crippen LogP contribution in [0.15, 0.2) is 146 Å². The first-order chi connectivity index (χ1) is 28.7. The van der Waals surface area contributed by atoms with E-state index >= 15 is 0 Å². The lowest BCUT2D eigenvalue weighted by Crippen LogP contribution is -2.33. The molecule has 0 fully saturated rings. The summed E-state index contributed by atoms with van der Waals surface area (Å²) in [5, 5.41) is 5.10. The number of aromatic nitrogens is 4. The number of fused-ring (bicyclic) bond motifs is 10. The highest BCUT2D eigenvalue weighted by atomic mass is 32.1. The predicted octanol–water partition coefficient (Wildman–Crippen LogP) is 14.3. The summed E-state index contributed by atoms with van der Waals surface area (Å²) in [5.74, 6) is 0.856. The van der Waals surface area contributed by atoms with Gasteiger partial charge >= 0.3 is 0 Å². The molecule has 0 N–H and O–H groups in total. The van der Waals surface area contributed by atoms with E-state index in [2.05, 4.69) is 189 Å². The van der Waals surface area contributed by atoms with Crippen LogP contribution >= 0.6 is 11.3 Å². The third kappa shape index (κ3) is 5.20. The van der Waals surface area contributed by atoms with Crippen LogP contribution in [0.5, 0.6) is 0 Å². The van der Waals surface area contributed by atoms with Crippen LogP contribution in [0.2, 0.25) is 0 Å². The molecule has 0 amide bonds. The van der Waals surface area contributed by atoms with E-state index in [1.165, 1.54) is 88.4 Å². The Labute approximate surface area is 348 Å². The quantitative estimate of drug-likeness (QED) is 0.178. The summed E-state index contributed by atoms with van der Waals surface area (Å²) >= 11 is 1.82. The largest absolute Gasteiger partial charge is 0.313 e. The molecule has 0 spiro atoms. The SMILES string of the molecule is CC1(C)CCC(C)(C)c2cc3c(cc21)c1ccccc1n3-c1ccc(-c2nc(C3C=Cc4c(n(-c5ccccc5)c5ccccc45)C3)c3sc4ccccc4c3n2)cc1. The molecule has 0 radical (unpaired) electrons. The molecule has 0 bridgehead atoms. The molecule has 0 saturated heterocycles. The lowest BCUT2D eigenvalue weighted by molar-refractivity contribution is 0.332. The van der Waals surface area contributed by atoms with Gasteiger partial charge in [0.15, 0.2) is 5.82 Å². The van der Waals surface area contributed by atoms with Crippen molar-refractivity contribution in [1.82, 2.24) is 19.1 Å². The highest BCUT2D eigenvalue weighted by molar-refractivity contribution is 7.25. The molecule has 2 aliphatic rings. The Morgan fingerprint density at radius 1 is 0.576 bits per heavy atom. The minimum Gasteiger partial charge on any atom is -0.313 e. The number of hydrogen-bond donors (Lipinski definition) is 0. The first kappa shape index (κ1) is 34.7. The lowest BCUT2D eigenvalue weighted by Gasteiger charge is -2.42. The minimum absolute atomic E-state index is 0.0867. The average molecular weight is 781 g/mol. The van der Waals surface area contributed by atoms with Gasteiger partial charge < -0.3 is 9.13 Å². The second-order valence-corrected chi connectivity index (χ2v) is 19.1. The van der Waals surface area contributed by atoms with Crippen LogP contribution in [-0.2, 0) is 17.3 Å². The Morgan fingerprint density at radius 3 is 1.97 bits per heavy atom. The number of hydrogen-bond acceptors (Lipinski definition) is 3. The molecule has 4 aromatic heterocycles. The smallest absolute Gasteiger partial charge is 0.160 e. The zero-order valence-electron chi connectivity index (χ0n) is 33.8. The van der Waals surface area contributed by atoms with Crippen LogP contribution in [0.1, 0.15) is 74.5 Å². The maximum absolute atomic E-state index is 5.52. The summed E-state index contributed by atoms with van der Waals surface area (Å²) in [7, 11) is 0. The second kappa shape index (κ2) is 12.6. The molecule has 286 valence electrons. The molecule has 0 saturated carbocycles. The molecule has 0 aliphatic heterocycles. The van der Waals surface area contributed by atoms with Crippen LogP contribution < -0.4 is 0 Å². The van der Waals surface area contributed by atoms with Crippen molar-refractivity contribution in [2.75, 3.05) is 0 Å². The van der Waals surface area contributed by atoms with Crippen molar-refractivity contribution in [3.05, 3.63) is 174 Å². The van der Waals surface area contributed by atoms with Gasteiger partial charge in [0.25, 0.3) is 0 Å². The van der Waals surface area contributed by atoms with E-state index in [1.807, 2.05) is 11.3 Å². The summed E-state index contributed by atoms with van der Waals surface area (Å²) in [4.78, 5) is 10.9. The van der Waals surface area contributed by atoms with Gasteiger partial charge in [-0.3, -0.25) is 0 Å². The molecule has 12 rings (SSSR count). The van der Waals surface area contributed by atoms with Crippen molar-refractivity contribution in [3.63, 3.8) is 0 Å². The van der Waals surface area contributed by atoms with Gasteiger partial charge in [-0.25, -0.2) is 9.97 Å². The van der Waals surface area contributed by atoms with Gasteiger partial charge in [-0.05, 0) is 102 Å². The number of benzene rings is 6. The third-order valence-electron chi connectivity index (χ3n) is 13.6. The van der Waals surface area contributed by atoms with Gasteiger partial charge in [0.1, 0.15) is 0 Å².